The van der Waals surface area contributed by atoms with Crippen LogP contribution in [-0.2, 0) is 0 Å². The Labute approximate surface area is 127 Å². The van der Waals surface area contributed by atoms with Gasteiger partial charge < -0.3 is 5.32 Å². The molecule has 0 aliphatic rings. The second-order valence-corrected chi connectivity index (χ2v) is 5.19. The zero-order chi connectivity index (χ0) is 14.8. The summed E-state index contributed by atoms with van der Waals surface area (Å²) in [4.78, 5) is 0. The molecule has 1 N–H and O–H groups in total. The van der Waals surface area contributed by atoms with Gasteiger partial charge >= 0.3 is 0 Å². The average Bonchev–Trinajstić information content (AvgIpc) is 2.91. The summed E-state index contributed by atoms with van der Waals surface area (Å²) in [6.07, 6.45) is 3.68. The highest BCUT2D eigenvalue weighted by Gasteiger charge is 2.20. The van der Waals surface area contributed by atoms with Crippen LogP contribution in [0, 0.1) is 5.82 Å². The Balaban J connectivity index is 2.15. The first-order valence-electron chi connectivity index (χ1n) is 6.81. The standard InChI is InChI=1S/C16H15ClFN3/c1-2-19-16(12-9-11(18)6-7-14(12)17)13-10-20-21-8-4-3-5-15(13)21/h3-10,16,19H,2H2,1H3. The quantitative estimate of drug-likeness (QED) is 0.794. The molecule has 3 aromatic rings. The van der Waals surface area contributed by atoms with Crippen molar-refractivity contribution in [1.29, 1.82) is 0 Å². The van der Waals surface area contributed by atoms with Gasteiger partial charge in [-0.15, -0.1) is 0 Å². The van der Waals surface area contributed by atoms with Crippen LogP contribution in [0.2, 0.25) is 5.02 Å². The summed E-state index contributed by atoms with van der Waals surface area (Å²) in [5, 5.41) is 8.24. The molecule has 2 heterocycles. The summed E-state index contributed by atoms with van der Waals surface area (Å²) in [6.45, 7) is 2.74. The molecule has 0 saturated heterocycles. The van der Waals surface area contributed by atoms with Crippen molar-refractivity contribution in [3.05, 3.63) is 70.8 Å². The maximum atomic E-state index is 13.6. The summed E-state index contributed by atoms with van der Waals surface area (Å²) >= 11 is 6.26. The van der Waals surface area contributed by atoms with Gasteiger partial charge in [0.1, 0.15) is 5.82 Å². The van der Waals surface area contributed by atoms with Crippen LogP contribution in [0.1, 0.15) is 24.1 Å². The van der Waals surface area contributed by atoms with Crippen LogP contribution >= 0.6 is 11.6 Å². The van der Waals surface area contributed by atoms with Crippen LogP contribution < -0.4 is 5.32 Å². The van der Waals surface area contributed by atoms with Gasteiger partial charge in [-0.2, -0.15) is 5.10 Å². The molecule has 21 heavy (non-hydrogen) atoms. The van der Waals surface area contributed by atoms with E-state index in [1.165, 1.54) is 12.1 Å². The van der Waals surface area contributed by atoms with E-state index in [1.54, 1.807) is 16.8 Å². The minimum atomic E-state index is -0.297. The lowest BCUT2D eigenvalue weighted by Crippen LogP contribution is -2.22. The van der Waals surface area contributed by atoms with Gasteiger partial charge in [0.2, 0.25) is 0 Å². The number of nitrogens with one attached hydrogen (secondary N) is 1. The van der Waals surface area contributed by atoms with Crippen LogP contribution in [0.3, 0.4) is 0 Å². The minimum absolute atomic E-state index is 0.196. The van der Waals surface area contributed by atoms with Crippen molar-refractivity contribution < 1.29 is 4.39 Å². The number of rotatable bonds is 4. The minimum Gasteiger partial charge on any atom is -0.306 e. The predicted octanol–water partition coefficient (Wildman–Crippen LogP) is 3.83. The van der Waals surface area contributed by atoms with Crippen molar-refractivity contribution in [2.45, 2.75) is 13.0 Å². The first-order valence-corrected chi connectivity index (χ1v) is 7.19. The Kier molecular flexibility index (Phi) is 3.90. The number of pyridine rings is 1. The summed E-state index contributed by atoms with van der Waals surface area (Å²) < 4.78 is 15.4. The number of hydrogen-bond donors (Lipinski definition) is 1. The zero-order valence-corrected chi connectivity index (χ0v) is 12.3. The first-order chi connectivity index (χ1) is 10.2. The molecule has 108 valence electrons. The molecule has 1 unspecified atom stereocenters. The summed E-state index contributed by atoms with van der Waals surface area (Å²) in [6, 6.07) is 10.1. The van der Waals surface area contributed by atoms with Crippen molar-refractivity contribution in [3.8, 4) is 0 Å². The molecule has 0 saturated carbocycles. The monoisotopic (exact) mass is 303 g/mol. The molecule has 3 rings (SSSR count). The fourth-order valence-corrected chi connectivity index (χ4v) is 2.73. The lowest BCUT2D eigenvalue weighted by Gasteiger charge is -2.19. The largest absolute Gasteiger partial charge is 0.306 e. The second-order valence-electron chi connectivity index (χ2n) is 4.79. The van der Waals surface area contributed by atoms with Crippen LogP contribution in [0.15, 0.2) is 48.8 Å². The fraction of sp³-hybridized carbons (Fsp3) is 0.188. The molecule has 0 aliphatic carbocycles. The lowest BCUT2D eigenvalue weighted by atomic mass is 9.99. The third-order valence-corrected chi connectivity index (χ3v) is 3.79. The highest BCUT2D eigenvalue weighted by atomic mass is 35.5. The number of aromatic nitrogens is 2. The molecule has 0 aliphatic heterocycles. The van der Waals surface area contributed by atoms with Crippen molar-refractivity contribution in [3.63, 3.8) is 0 Å². The number of benzene rings is 1. The van der Waals surface area contributed by atoms with Crippen LogP contribution in [0.25, 0.3) is 5.52 Å². The van der Waals surface area contributed by atoms with Gasteiger partial charge in [-0.25, -0.2) is 8.91 Å². The smallest absolute Gasteiger partial charge is 0.123 e. The van der Waals surface area contributed by atoms with E-state index in [-0.39, 0.29) is 11.9 Å². The Bertz CT molecular complexity index is 769. The Morgan fingerprint density at radius 3 is 2.95 bits per heavy atom. The first kappa shape index (κ1) is 14.0. The van der Waals surface area contributed by atoms with E-state index in [1.807, 2.05) is 31.3 Å². The van der Waals surface area contributed by atoms with Crippen LogP contribution in [-0.4, -0.2) is 16.2 Å². The third-order valence-electron chi connectivity index (χ3n) is 3.44. The van der Waals surface area contributed by atoms with Gasteiger partial charge in [0.25, 0.3) is 0 Å². The average molecular weight is 304 g/mol. The molecule has 5 heteroatoms. The molecule has 0 bridgehead atoms. The molecular formula is C16H15ClFN3. The molecule has 0 fully saturated rings. The lowest BCUT2D eigenvalue weighted by molar-refractivity contribution is 0.605. The number of fused-ring (bicyclic) bond motifs is 1. The van der Waals surface area contributed by atoms with E-state index in [9.17, 15) is 4.39 Å². The Morgan fingerprint density at radius 2 is 2.14 bits per heavy atom. The van der Waals surface area contributed by atoms with Gasteiger partial charge in [-0.05, 0) is 42.4 Å². The van der Waals surface area contributed by atoms with E-state index in [4.69, 9.17) is 11.6 Å². The van der Waals surface area contributed by atoms with E-state index >= 15 is 0 Å². The van der Waals surface area contributed by atoms with E-state index in [2.05, 4.69) is 10.4 Å². The number of hydrogen-bond acceptors (Lipinski definition) is 2. The van der Waals surface area contributed by atoms with E-state index < -0.39 is 0 Å². The van der Waals surface area contributed by atoms with E-state index in [0.717, 1.165) is 23.2 Å². The molecule has 3 nitrogen and oxygen atoms in total. The van der Waals surface area contributed by atoms with Crippen molar-refractivity contribution in [1.82, 2.24) is 14.9 Å². The van der Waals surface area contributed by atoms with E-state index in [0.29, 0.717) is 5.02 Å². The maximum Gasteiger partial charge on any atom is 0.123 e. The normalized spacial score (nSPS) is 12.7. The van der Waals surface area contributed by atoms with Gasteiger partial charge in [-0.1, -0.05) is 24.6 Å². The summed E-state index contributed by atoms with van der Waals surface area (Å²) in [7, 11) is 0. The number of halogens is 2. The molecule has 0 amide bonds. The summed E-state index contributed by atoms with van der Waals surface area (Å²) in [5.74, 6) is -0.297. The highest BCUT2D eigenvalue weighted by molar-refractivity contribution is 6.31. The molecule has 0 spiro atoms. The SMILES string of the molecule is CCNC(c1cc(F)ccc1Cl)c1cnn2ccccc12. The Morgan fingerprint density at radius 1 is 1.29 bits per heavy atom. The fourth-order valence-electron chi connectivity index (χ4n) is 2.50. The van der Waals surface area contributed by atoms with Gasteiger partial charge in [0.15, 0.2) is 0 Å². The molecular weight excluding hydrogens is 289 g/mol. The van der Waals surface area contributed by atoms with Gasteiger partial charge in [0, 0.05) is 16.8 Å². The van der Waals surface area contributed by atoms with Gasteiger partial charge in [-0.3, -0.25) is 0 Å². The highest BCUT2D eigenvalue weighted by Crippen LogP contribution is 2.31. The zero-order valence-electron chi connectivity index (χ0n) is 11.6. The molecule has 0 radical (unpaired) electrons. The van der Waals surface area contributed by atoms with Crippen molar-refractivity contribution >= 4 is 17.1 Å². The van der Waals surface area contributed by atoms with Gasteiger partial charge in [0.05, 0.1) is 17.8 Å². The second kappa shape index (κ2) is 5.84. The molecule has 1 aromatic carbocycles. The third kappa shape index (κ3) is 2.64. The topological polar surface area (TPSA) is 29.3 Å². The molecule has 2 aromatic heterocycles. The van der Waals surface area contributed by atoms with Crippen LogP contribution in [0.5, 0.6) is 0 Å². The van der Waals surface area contributed by atoms with Crippen molar-refractivity contribution in [2.75, 3.05) is 6.54 Å². The molecule has 1 atom stereocenters. The van der Waals surface area contributed by atoms with Crippen molar-refractivity contribution in [2.24, 2.45) is 0 Å². The summed E-state index contributed by atoms with van der Waals surface area (Å²) in [5.41, 5.74) is 2.67. The maximum absolute atomic E-state index is 13.6. The Hall–Kier alpha value is -1.91. The predicted molar refractivity (Wildman–Crippen MR) is 82.1 cm³/mol. The van der Waals surface area contributed by atoms with Crippen LogP contribution in [0.4, 0.5) is 4.39 Å². The number of nitrogens with zero attached hydrogens (tertiary/aromatic N) is 2.